The van der Waals surface area contributed by atoms with Gasteiger partial charge in [0.1, 0.15) is 5.60 Å². The zero-order valence-corrected chi connectivity index (χ0v) is 11.4. The van der Waals surface area contributed by atoms with Crippen LogP contribution >= 0.6 is 0 Å². The summed E-state index contributed by atoms with van der Waals surface area (Å²) >= 11 is 0. The van der Waals surface area contributed by atoms with Crippen molar-refractivity contribution in [3.63, 3.8) is 0 Å². The molecule has 1 amide bonds. The van der Waals surface area contributed by atoms with Crippen molar-refractivity contribution in [1.29, 1.82) is 0 Å². The first kappa shape index (κ1) is 14.8. The molecule has 0 saturated carbocycles. The molecule has 0 aromatic heterocycles. The van der Waals surface area contributed by atoms with Crippen LogP contribution in [0.2, 0.25) is 0 Å². The third-order valence-corrected chi connectivity index (χ3v) is 2.45. The molecule has 1 atom stereocenters. The number of esters is 1. The third kappa shape index (κ3) is 4.52. The molecular formula is C12H21NO5. The highest BCUT2D eigenvalue weighted by Crippen LogP contribution is 2.14. The van der Waals surface area contributed by atoms with Gasteiger partial charge in [-0.15, -0.1) is 0 Å². The van der Waals surface area contributed by atoms with Gasteiger partial charge in [-0.1, -0.05) is 0 Å². The minimum Gasteiger partial charge on any atom is -0.469 e. The summed E-state index contributed by atoms with van der Waals surface area (Å²) in [4.78, 5) is 24.9. The smallest absolute Gasteiger partial charge is 0.410 e. The predicted molar refractivity (Wildman–Crippen MR) is 64.1 cm³/mol. The Labute approximate surface area is 107 Å². The van der Waals surface area contributed by atoms with Gasteiger partial charge in [0.2, 0.25) is 0 Å². The van der Waals surface area contributed by atoms with E-state index in [0.717, 1.165) is 0 Å². The maximum atomic E-state index is 11.9. The average molecular weight is 259 g/mol. The number of carbonyl (C=O) groups is 2. The molecule has 0 aromatic carbocycles. The Morgan fingerprint density at radius 2 is 2.00 bits per heavy atom. The van der Waals surface area contributed by atoms with E-state index in [1.54, 1.807) is 20.8 Å². The van der Waals surface area contributed by atoms with E-state index in [0.29, 0.717) is 13.2 Å². The number of amides is 1. The van der Waals surface area contributed by atoms with Crippen LogP contribution in [0.25, 0.3) is 0 Å². The molecule has 0 spiro atoms. The zero-order valence-electron chi connectivity index (χ0n) is 11.4. The first-order valence-corrected chi connectivity index (χ1v) is 5.97. The second-order valence-corrected chi connectivity index (χ2v) is 5.22. The van der Waals surface area contributed by atoms with Gasteiger partial charge in [0.05, 0.1) is 26.2 Å². The number of hydrogen-bond acceptors (Lipinski definition) is 5. The van der Waals surface area contributed by atoms with E-state index in [9.17, 15) is 9.59 Å². The van der Waals surface area contributed by atoms with Crippen LogP contribution in [0.3, 0.4) is 0 Å². The monoisotopic (exact) mass is 259 g/mol. The molecule has 0 N–H and O–H groups in total. The lowest BCUT2D eigenvalue weighted by Crippen LogP contribution is -2.41. The van der Waals surface area contributed by atoms with Crippen molar-refractivity contribution in [2.45, 2.75) is 26.4 Å². The van der Waals surface area contributed by atoms with Crippen LogP contribution in [0, 0.1) is 5.92 Å². The van der Waals surface area contributed by atoms with Gasteiger partial charge in [-0.3, -0.25) is 4.79 Å². The van der Waals surface area contributed by atoms with Gasteiger partial charge in [0.15, 0.2) is 0 Å². The van der Waals surface area contributed by atoms with Gasteiger partial charge in [0.25, 0.3) is 0 Å². The van der Waals surface area contributed by atoms with Crippen LogP contribution in [-0.2, 0) is 19.0 Å². The van der Waals surface area contributed by atoms with E-state index in [1.807, 2.05) is 0 Å². The van der Waals surface area contributed by atoms with Gasteiger partial charge in [-0.05, 0) is 20.8 Å². The molecule has 1 heterocycles. The van der Waals surface area contributed by atoms with Crippen molar-refractivity contribution in [3.8, 4) is 0 Å². The van der Waals surface area contributed by atoms with E-state index in [2.05, 4.69) is 4.74 Å². The van der Waals surface area contributed by atoms with Crippen molar-refractivity contribution in [2.24, 2.45) is 5.92 Å². The van der Waals surface area contributed by atoms with Crippen LogP contribution in [0.4, 0.5) is 4.79 Å². The fourth-order valence-corrected chi connectivity index (χ4v) is 1.61. The summed E-state index contributed by atoms with van der Waals surface area (Å²) in [6.07, 6.45) is -0.429. The van der Waals surface area contributed by atoms with Crippen molar-refractivity contribution < 1.29 is 23.8 Å². The average Bonchev–Trinajstić information content (AvgIpc) is 2.51. The molecule has 1 rings (SSSR count). The van der Waals surface area contributed by atoms with Crippen LogP contribution in [0.1, 0.15) is 20.8 Å². The summed E-state index contributed by atoms with van der Waals surface area (Å²) in [5, 5.41) is 0. The normalized spacial score (nSPS) is 21.1. The molecule has 0 aliphatic carbocycles. The Morgan fingerprint density at radius 3 is 2.56 bits per heavy atom. The lowest BCUT2D eigenvalue weighted by molar-refractivity contribution is -0.147. The Bertz CT molecular complexity index is 310. The summed E-state index contributed by atoms with van der Waals surface area (Å²) in [5.74, 6) is -0.824. The van der Waals surface area contributed by atoms with Gasteiger partial charge in [-0.2, -0.15) is 0 Å². The molecule has 6 nitrogen and oxygen atoms in total. The van der Waals surface area contributed by atoms with E-state index < -0.39 is 17.6 Å². The number of methoxy groups -OCH3 is 1. The minimum absolute atomic E-state index is 0.265. The molecule has 1 fully saturated rings. The van der Waals surface area contributed by atoms with E-state index in [1.165, 1.54) is 12.0 Å². The van der Waals surface area contributed by atoms with Gasteiger partial charge >= 0.3 is 12.1 Å². The second-order valence-electron chi connectivity index (χ2n) is 5.22. The number of carbonyl (C=O) groups excluding carboxylic acids is 2. The molecule has 1 unspecified atom stereocenters. The Balaban J connectivity index is 2.64. The lowest BCUT2D eigenvalue weighted by Gasteiger charge is -2.27. The number of ether oxygens (including phenoxy) is 3. The topological polar surface area (TPSA) is 65.1 Å². The fourth-order valence-electron chi connectivity index (χ4n) is 1.61. The molecule has 6 heteroatoms. The number of nitrogens with zero attached hydrogens (tertiary/aromatic N) is 1. The van der Waals surface area contributed by atoms with Crippen LogP contribution in [0.15, 0.2) is 0 Å². The molecule has 1 aliphatic heterocycles. The van der Waals surface area contributed by atoms with E-state index in [-0.39, 0.29) is 19.1 Å². The first-order chi connectivity index (χ1) is 8.33. The molecular weight excluding hydrogens is 238 g/mol. The summed E-state index contributed by atoms with van der Waals surface area (Å²) in [6, 6.07) is 0. The quantitative estimate of drug-likeness (QED) is 0.658. The second kappa shape index (κ2) is 6.04. The molecule has 18 heavy (non-hydrogen) atoms. The molecule has 0 bridgehead atoms. The van der Waals surface area contributed by atoms with Crippen molar-refractivity contribution in [3.05, 3.63) is 0 Å². The molecule has 1 saturated heterocycles. The van der Waals surface area contributed by atoms with Crippen molar-refractivity contribution in [1.82, 2.24) is 4.90 Å². The molecule has 104 valence electrons. The highest BCUT2D eigenvalue weighted by atomic mass is 16.6. The molecule has 0 radical (unpaired) electrons. The summed E-state index contributed by atoms with van der Waals surface area (Å²) in [6.45, 7) is 6.76. The molecule has 0 aromatic rings. The highest BCUT2D eigenvalue weighted by Gasteiger charge is 2.30. The Morgan fingerprint density at radius 1 is 1.33 bits per heavy atom. The number of rotatable bonds is 1. The minimum atomic E-state index is -0.551. The standard InChI is InChI=1S/C12H21NO5/c1-12(2,3)18-11(15)13-5-6-17-8-9(7-13)10(14)16-4/h9H,5-8H2,1-4H3. The van der Waals surface area contributed by atoms with E-state index in [4.69, 9.17) is 9.47 Å². The highest BCUT2D eigenvalue weighted by molar-refractivity contribution is 5.74. The first-order valence-electron chi connectivity index (χ1n) is 5.97. The van der Waals surface area contributed by atoms with Crippen LogP contribution in [0.5, 0.6) is 0 Å². The van der Waals surface area contributed by atoms with Gasteiger partial charge < -0.3 is 19.1 Å². The largest absolute Gasteiger partial charge is 0.469 e. The van der Waals surface area contributed by atoms with Crippen LogP contribution < -0.4 is 0 Å². The van der Waals surface area contributed by atoms with Gasteiger partial charge in [-0.25, -0.2) is 4.79 Å². The number of hydrogen-bond donors (Lipinski definition) is 0. The fraction of sp³-hybridized carbons (Fsp3) is 0.833. The Hall–Kier alpha value is -1.30. The molecule has 1 aliphatic rings. The SMILES string of the molecule is COC(=O)C1COCCN(C(=O)OC(C)(C)C)C1. The lowest BCUT2D eigenvalue weighted by atomic mass is 10.1. The Kier molecular flexibility index (Phi) is 4.95. The third-order valence-electron chi connectivity index (χ3n) is 2.45. The maximum absolute atomic E-state index is 11.9. The van der Waals surface area contributed by atoms with Crippen LogP contribution in [-0.4, -0.2) is 56.0 Å². The van der Waals surface area contributed by atoms with Crippen molar-refractivity contribution in [2.75, 3.05) is 33.4 Å². The summed E-state index contributed by atoms with van der Waals surface area (Å²) in [7, 11) is 1.32. The predicted octanol–water partition coefficient (Wildman–Crippen LogP) is 1.04. The summed E-state index contributed by atoms with van der Waals surface area (Å²) < 4.78 is 15.2. The summed E-state index contributed by atoms with van der Waals surface area (Å²) in [5.41, 5.74) is -0.551. The van der Waals surface area contributed by atoms with Crippen molar-refractivity contribution >= 4 is 12.1 Å². The van der Waals surface area contributed by atoms with E-state index >= 15 is 0 Å². The van der Waals surface area contributed by atoms with Gasteiger partial charge in [0, 0.05) is 13.1 Å². The zero-order chi connectivity index (χ0) is 13.8. The maximum Gasteiger partial charge on any atom is 0.410 e.